The van der Waals surface area contributed by atoms with Crippen LogP contribution in [0.25, 0.3) is 0 Å². The van der Waals surface area contributed by atoms with Gasteiger partial charge in [0.2, 0.25) is 5.91 Å². The van der Waals surface area contributed by atoms with E-state index >= 15 is 0 Å². The number of rotatable bonds is 12. The molecule has 1 saturated heterocycles. The lowest BCUT2D eigenvalue weighted by atomic mass is 9.91. The van der Waals surface area contributed by atoms with Crippen LogP contribution in [0.5, 0.6) is 6.01 Å². The molecule has 1 unspecified atom stereocenters. The molecule has 1 aromatic carbocycles. The third kappa shape index (κ3) is 6.97. The molecule has 3 heterocycles. The molecule has 3 aromatic rings. The number of aromatic nitrogens is 3. The highest BCUT2D eigenvalue weighted by Gasteiger charge is 2.24. The summed E-state index contributed by atoms with van der Waals surface area (Å²) in [6, 6.07) is 7.38. The third-order valence-corrected chi connectivity index (χ3v) is 6.56. The van der Waals surface area contributed by atoms with Crippen molar-refractivity contribution in [3.63, 3.8) is 0 Å². The van der Waals surface area contributed by atoms with Crippen LogP contribution in [0.3, 0.4) is 0 Å². The Morgan fingerprint density at radius 3 is 2.59 bits per heavy atom. The van der Waals surface area contributed by atoms with Crippen LogP contribution >= 0.6 is 0 Å². The standard InChI is InChI=1S/C27H36N6O4/c1-4-19(16-25(34)32-27-28-11-14-37-27)20-7-8-24(33(5-2)22-9-12-35-13-10-22)23(15-20)31-21-17-29-26(30-18-21)36-6-3/h7-8,11,14-15,17-19,22,31H,4-6,9-10,12-13,16H2,1-3H3,(H,28,32,34). The van der Waals surface area contributed by atoms with Gasteiger partial charge < -0.3 is 24.1 Å². The van der Waals surface area contributed by atoms with Crippen LogP contribution in [-0.2, 0) is 9.53 Å². The summed E-state index contributed by atoms with van der Waals surface area (Å²) in [5, 5.41) is 6.25. The maximum absolute atomic E-state index is 12.7. The molecule has 2 N–H and O–H groups in total. The number of carbonyl (C=O) groups is 1. The van der Waals surface area contributed by atoms with E-state index in [-0.39, 0.29) is 17.8 Å². The van der Waals surface area contributed by atoms with Crippen LogP contribution in [0.1, 0.15) is 57.9 Å². The fraction of sp³-hybridized carbons (Fsp3) is 0.481. The number of amides is 1. The summed E-state index contributed by atoms with van der Waals surface area (Å²) in [6.45, 7) is 9.09. The van der Waals surface area contributed by atoms with Gasteiger partial charge in [0.15, 0.2) is 0 Å². The monoisotopic (exact) mass is 508 g/mol. The maximum Gasteiger partial charge on any atom is 0.316 e. The number of nitrogens with zero attached hydrogens (tertiary/aromatic N) is 4. The zero-order valence-electron chi connectivity index (χ0n) is 21.8. The first kappa shape index (κ1) is 26.4. The second-order valence-electron chi connectivity index (χ2n) is 8.91. The molecule has 1 fully saturated rings. The van der Waals surface area contributed by atoms with Crippen LogP contribution in [0.2, 0.25) is 0 Å². The average Bonchev–Trinajstić information content (AvgIpc) is 3.43. The molecule has 10 heteroatoms. The minimum absolute atomic E-state index is 0.0271. The Balaban J connectivity index is 1.61. The van der Waals surface area contributed by atoms with Crippen molar-refractivity contribution in [1.82, 2.24) is 15.0 Å². The average molecular weight is 509 g/mol. The predicted octanol–water partition coefficient (Wildman–Crippen LogP) is 5.13. The molecule has 0 saturated carbocycles. The molecule has 1 aliphatic heterocycles. The van der Waals surface area contributed by atoms with Gasteiger partial charge in [-0.25, -0.2) is 15.0 Å². The number of anilines is 4. The van der Waals surface area contributed by atoms with Gasteiger partial charge in [-0.05, 0) is 56.7 Å². The summed E-state index contributed by atoms with van der Waals surface area (Å²) in [5.74, 6) is -0.107. The molecular formula is C27H36N6O4. The number of nitrogens with one attached hydrogen (secondary N) is 2. The van der Waals surface area contributed by atoms with E-state index in [1.165, 1.54) is 12.5 Å². The Morgan fingerprint density at radius 2 is 1.95 bits per heavy atom. The predicted molar refractivity (Wildman–Crippen MR) is 143 cm³/mol. The maximum atomic E-state index is 12.7. The Morgan fingerprint density at radius 1 is 1.16 bits per heavy atom. The molecule has 198 valence electrons. The van der Waals surface area contributed by atoms with Gasteiger partial charge in [0.1, 0.15) is 6.26 Å². The molecule has 2 aromatic heterocycles. The van der Waals surface area contributed by atoms with E-state index in [1.807, 2.05) is 6.92 Å². The summed E-state index contributed by atoms with van der Waals surface area (Å²) in [7, 11) is 0. The molecule has 0 radical (unpaired) electrons. The highest BCUT2D eigenvalue weighted by atomic mass is 16.5. The SMILES string of the molecule is CCOc1ncc(Nc2cc(C(CC)CC(=O)Nc3ncco3)ccc2N(CC)C2CCOCC2)cn1. The van der Waals surface area contributed by atoms with Gasteiger partial charge in [-0.3, -0.25) is 10.1 Å². The molecule has 10 nitrogen and oxygen atoms in total. The molecule has 0 bridgehead atoms. The van der Waals surface area contributed by atoms with E-state index in [4.69, 9.17) is 13.9 Å². The van der Waals surface area contributed by atoms with E-state index in [0.29, 0.717) is 25.1 Å². The lowest BCUT2D eigenvalue weighted by Crippen LogP contribution is -2.39. The second kappa shape index (κ2) is 13.0. The van der Waals surface area contributed by atoms with Crippen molar-refractivity contribution in [2.24, 2.45) is 0 Å². The van der Waals surface area contributed by atoms with E-state index in [9.17, 15) is 4.79 Å². The second-order valence-corrected chi connectivity index (χ2v) is 8.91. The fourth-order valence-electron chi connectivity index (χ4n) is 4.70. The molecule has 1 amide bonds. The number of ether oxygens (including phenoxy) is 2. The van der Waals surface area contributed by atoms with E-state index < -0.39 is 0 Å². The Bertz CT molecular complexity index is 1120. The first-order valence-electron chi connectivity index (χ1n) is 13.0. The minimum atomic E-state index is -0.134. The van der Waals surface area contributed by atoms with Crippen LogP contribution in [0.4, 0.5) is 23.1 Å². The normalized spacial score (nSPS) is 14.7. The summed E-state index contributed by atoms with van der Waals surface area (Å²) in [4.78, 5) is 27.7. The van der Waals surface area contributed by atoms with Gasteiger partial charge in [-0.2, -0.15) is 0 Å². The topological polar surface area (TPSA) is 115 Å². The van der Waals surface area contributed by atoms with Crippen molar-refractivity contribution in [3.05, 3.63) is 48.6 Å². The van der Waals surface area contributed by atoms with Crippen molar-refractivity contribution in [1.29, 1.82) is 0 Å². The van der Waals surface area contributed by atoms with Crippen molar-refractivity contribution < 1.29 is 18.7 Å². The highest BCUT2D eigenvalue weighted by Crippen LogP contribution is 2.36. The Labute approximate surface area is 217 Å². The van der Waals surface area contributed by atoms with Crippen LogP contribution < -0.4 is 20.3 Å². The molecule has 1 aliphatic rings. The van der Waals surface area contributed by atoms with E-state index in [0.717, 1.165) is 61.6 Å². The number of oxazole rings is 1. The number of benzene rings is 1. The lowest BCUT2D eigenvalue weighted by Gasteiger charge is -2.37. The van der Waals surface area contributed by atoms with Gasteiger partial charge in [-0.15, -0.1) is 0 Å². The molecule has 37 heavy (non-hydrogen) atoms. The summed E-state index contributed by atoms with van der Waals surface area (Å²) in [6.07, 6.45) is 9.49. The van der Waals surface area contributed by atoms with Crippen molar-refractivity contribution >= 4 is 29.0 Å². The minimum Gasteiger partial charge on any atom is -0.464 e. The highest BCUT2D eigenvalue weighted by molar-refractivity contribution is 5.89. The van der Waals surface area contributed by atoms with E-state index in [2.05, 4.69) is 62.5 Å². The van der Waals surface area contributed by atoms with Gasteiger partial charge in [0.25, 0.3) is 0 Å². The zero-order valence-corrected chi connectivity index (χ0v) is 21.8. The first-order valence-corrected chi connectivity index (χ1v) is 13.0. The van der Waals surface area contributed by atoms with Gasteiger partial charge >= 0.3 is 12.0 Å². The number of carbonyl (C=O) groups excluding carboxylic acids is 1. The smallest absolute Gasteiger partial charge is 0.316 e. The molecule has 4 rings (SSSR count). The number of hydrogen-bond acceptors (Lipinski definition) is 9. The molecule has 0 spiro atoms. The molecular weight excluding hydrogens is 472 g/mol. The van der Waals surface area contributed by atoms with Crippen LogP contribution in [-0.4, -0.2) is 53.3 Å². The largest absolute Gasteiger partial charge is 0.464 e. The zero-order chi connectivity index (χ0) is 26.0. The number of hydrogen-bond donors (Lipinski definition) is 2. The summed E-state index contributed by atoms with van der Waals surface area (Å²) < 4.78 is 16.2. The van der Waals surface area contributed by atoms with Crippen molar-refractivity contribution in [2.45, 2.75) is 58.4 Å². The third-order valence-electron chi connectivity index (χ3n) is 6.56. The fourth-order valence-corrected chi connectivity index (χ4v) is 4.70. The van der Waals surface area contributed by atoms with Gasteiger partial charge in [0.05, 0.1) is 42.3 Å². The van der Waals surface area contributed by atoms with Crippen molar-refractivity contribution in [3.8, 4) is 6.01 Å². The summed E-state index contributed by atoms with van der Waals surface area (Å²) in [5.41, 5.74) is 3.89. The molecule has 0 aliphatic carbocycles. The first-order chi connectivity index (χ1) is 18.1. The Kier molecular flexibility index (Phi) is 9.31. The molecule has 1 atom stereocenters. The quantitative estimate of drug-likeness (QED) is 0.343. The van der Waals surface area contributed by atoms with Gasteiger partial charge in [-0.1, -0.05) is 13.0 Å². The lowest BCUT2D eigenvalue weighted by molar-refractivity contribution is -0.116. The van der Waals surface area contributed by atoms with Crippen LogP contribution in [0.15, 0.2) is 47.5 Å². The Hall–Kier alpha value is -3.66. The van der Waals surface area contributed by atoms with E-state index in [1.54, 1.807) is 12.4 Å². The summed E-state index contributed by atoms with van der Waals surface area (Å²) >= 11 is 0. The van der Waals surface area contributed by atoms with Crippen molar-refractivity contribution in [2.75, 3.05) is 41.9 Å². The van der Waals surface area contributed by atoms with Gasteiger partial charge in [0, 0.05) is 32.2 Å². The van der Waals surface area contributed by atoms with Crippen LogP contribution in [0, 0.1) is 0 Å².